The van der Waals surface area contributed by atoms with Crippen molar-refractivity contribution in [3.05, 3.63) is 52.3 Å². The van der Waals surface area contributed by atoms with Crippen LogP contribution in [0.3, 0.4) is 0 Å². The molecule has 0 atom stereocenters. The fourth-order valence-electron chi connectivity index (χ4n) is 1.42. The number of aromatic carboxylic acids is 1. The number of nitro groups is 1. The fourth-order valence-corrected chi connectivity index (χ4v) is 1.42. The molecule has 2 rings (SSSR count). The Morgan fingerprint density at radius 3 is 2.78 bits per heavy atom. The maximum atomic E-state index is 13.1. The van der Waals surface area contributed by atoms with Crippen molar-refractivity contribution in [1.29, 1.82) is 0 Å². The Balaban J connectivity index is 2.57. The van der Waals surface area contributed by atoms with E-state index in [9.17, 15) is 19.3 Å². The molecule has 1 heterocycles. The van der Waals surface area contributed by atoms with Crippen LogP contribution in [0.25, 0.3) is 5.69 Å². The van der Waals surface area contributed by atoms with Crippen LogP contribution in [0.5, 0.6) is 0 Å². The molecule has 0 bridgehead atoms. The van der Waals surface area contributed by atoms with Crippen LogP contribution < -0.4 is 0 Å². The number of carboxylic acid groups (broad SMARTS) is 1. The molecule has 0 fully saturated rings. The smallest absolute Gasteiger partial charge is 0.356 e. The van der Waals surface area contributed by atoms with Gasteiger partial charge in [-0.1, -0.05) is 0 Å². The summed E-state index contributed by atoms with van der Waals surface area (Å²) in [6.45, 7) is 0. The Morgan fingerprint density at radius 2 is 2.22 bits per heavy atom. The normalized spacial score (nSPS) is 10.3. The molecule has 0 aliphatic heterocycles. The van der Waals surface area contributed by atoms with Gasteiger partial charge in [-0.15, -0.1) is 0 Å². The molecule has 18 heavy (non-hydrogen) atoms. The molecule has 0 amide bonds. The van der Waals surface area contributed by atoms with E-state index in [4.69, 9.17) is 5.11 Å². The summed E-state index contributed by atoms with van der Waals surface area (Å²) >= 11 is 0. The zero-order valence-electron chi connectivity index (χ0n) is 8.78. The lowest BCUT2D eigenvalue weighted by Gasteiger charge is -2.03. The SMILES string of the molecule is O=C(O)c1cn(-c2cc(F)ccc2[N+](=O)[O-])cn1. The molecular formula is C10H6FN3O4. The van der Waals surface area contributed by atoms with Gasteiger partial charge in [0.15, 0.2) is 5.69 Å². The Bertz CT molecular complexity index is 638. The minimum atomic E-state index is -1.27. The summed E-state index contributed by atoms with van der Waals surface area (Å²) < 4.78 is 14.2. The second kappa shape index (κ2) is 4.24. The molecule has 0 aliphatic rings. The van der Waals surface area contributed by atoms with Gasteiger partial charge < -0.3 is 5.11 Å². The largest absolute Gasteiger partial charge is 0.476 e. The first-order chi connectivity index (χ1) is 8.49. The van der Waals surface area contributed by atoms with E-state index in [1.165, 1.54) is 0 Å². The topological polar surface area (TPSA) is 98.3 Å². The highest BCUT2D eigenvalue weighted by Gasteiger charge is 2.17. The van der Waals surface area contributed by atoms with Crippen LogP contribution in [-0.2, 0) is 0 Å². The average Bonchev–Trinajstić information content (AvgIpc) is 2.77. The monoisotopic (exact) mass is 251 g/mol. The lowest BCUT2D eigenvalue weighted by molar-refractivity contribution is -0.384. The number of carboxylic acids is 1. The van der Waals surface area contributed by atoms with Crippen molar-refractivity contribution in [2.75, 3.05) is 0 Å². The van der Waals surface area contributed by atoms with Crippen LogP contribution in [0.1, 0.15) is 10.5 Å². The molecule has 92 valence electrons. The van der Waals surface area contributed by atoms with Crippen molar-refractivity contribution < 1.29 is 19.2 Å². The summed E-state index contributed by atoms with van der Waals surface area (Å²) in [7, 11) is 0. The molecule has 0 radical (unpaired) electrons. The van der Waals surface area contributed by atoms with E-state index in [2.05, 4.69) is 4.98 Å². The number of hydrogen-bond donors (Lipinski definition) is 1. The maximum absolute atomic E-state index is 13.1. The zero-order chi connectivity index (χ0) is 13.3. The third-order valence-corrected chi connectivity index (χ3v) is 2.21. The number of hydrogen-bond acceptors (Lipinski definition) is 4. The Hall–Kier alpha value is -2.77. The van der Waals surface area contributed by atoms with Crippen molar-refractivity contribution >= 4 is 11.7 Å². The molecule has 1 aromatic carbocycles. The standard InChI is InChI=1S/C10H6FN3O4/c11-6-1-2-8(14(17)18)9(3-6)13-4-7(10(15)16)12-5-13/h1-5H,(H,15,16). The average molecular weight is 251 g/mol. The molecule has 0 saturated carbocycles. The molecule has 8 heteroatoms. The van der Waals surface area contributed by atoms with Gasteiger partial charge in [0.05, 0.1) is 4.92 Å². The van der Waals surface area contributed by atoms with Crippen LogP contribution in [0.15, 0.2) is 30.7 Å². The quantitative estimate of drug-likeness (QED) is 0.660. The Kier molecular flexibility index (Phi) is 2.76. The van der Waals surface area contributed by atoms with Crippen molar-refractivity contribution in [3.8, 4) is 5.69 Å². The second-order valence-corrected chi connectivity index (χ2v) is 3.36. The first-order valence-electron chi connectivity index (χ1n) is 4.70. The van der Waals surface area contributed by atoms with Crippen LogP contribution in [0.2, 0.25) is 0 Å². The van der Waals surface area contributed by atoms with E-state index >= 15 is 0 Å². The molecule has 0 saturated heterocycles. The number of aromatic nitrogens is 2. The molecular weight excluding hydrogens is 245 g/mol. The highest BCUT2D eigenvalue weighted by atomic mass is 19.1. The number of imidazole rings is 1. The third kappa shape index (κ3) is 2.03. The number of nitro benzene ring substituents is 1. The number of nitrogens with zero attached hydrogens (tertiary/aromatic N) is 3. The van der Waals surface area contributed by atoms with Crippen LogP contribution in [0.4, 0.5) is 10.1 Å². The zero-order valence-corrected chi connectivity index (χ0v) is 8.78. The molecule has 1 aromatic heterocycles. The summed E-state index contributed by atoms with van der Waals surface area (Å²) in [5, 5.41) is 19.5. The summed E-state index contributed by atoms with van der Waals surface area (Å²) in [5.74, 6) is -1.94. The molecule has 7 nitrogen and oxygen atoms in total. The van der Waals surface area contributed by atoms with Gasteiger partial charge in [-0.05, 0) is 6.07 Å². The molecule has 2 aromatic rings. The van der Waals surface area contributed by atoms with Crippen molar-refractivity contribution in [2.45, 2.75) is 0 Å². The predicted molar refractivity (Wildman–Crippen MR) is 57.1 cm³/mol. The van der Waals surface area contributed by atoms with Crippen molar-refractivity contribution in [1.82, 2.24) is 9.55 Å². The van der Waals surface area contributed by atoms with E-state index in [0.717, 1.165) is 35.3 Å². The van der Waals surface area contributed by atoms with Crippen LogP contribution in [-0.4, -0.2) is 25.6 Å². The number of benzene rings is 1. The van der Waals surface area contributed by atoms with E-state index in [1.807, 2.05) is 0 Å². The predicted octanol–water partition coefficient (Wildman–Crippen LogP) is 1.62. The summed E-state index contributed by atoms with van der Waals surface area (Å²) in [4.78, 5) is 24.3. The first kappa shape index (κ1) is 11.7. The van der Waals surface area contributed by atoms with Gasteiger partial charge in [0.25, 0.3) is 5.69 Å². The van der Waals surface area contributed by atoms with E-state index < -0.39 is 16.7 Å². The van der Waals surface area contributed by atoms with Gasteiger partial charge >= 0.3 is 5.97 Å². The van der Waals surface area contributed by atoms with Gasteiger partial charge in [-0.25, -0.2) is 14.2 Å². The Morgan fingerprint density at radius 1 is 1.50 bits per heavy atom. The molecule has 0 spiro atoms. The third-order valence-electron chi connectivity index (χ3n) is 2.21. The minimum absolute atomic E-state index is 0.0833. The van der Waals surface area contributed by atoms with Gasteiger partial charge in [0, 0.05) is 18.3 Å². The van der Waals surface area contributed by atoms with Gasteiger partial charge in [-0.3, -0.25) is 14.7 Å². The minimum Gasteiger partial charge on any atom is -0.476 e. The Labute approximate surface area is 99.3 Å². The van der Waals surface area contributed by atoms with Gasteiger partial charge in [-0.2, -0.15) is 0 Å². The van der Waals surface area contributed by atoms with Crippen LogP contribution in [0, 0.1) is 15.9 Å². The number of carbonyl (C=O) groups is 1. The number of halogens is 1. The second-order valence-electron chi connectivity index (χ2n) is 3.36. The summed E-state index contributed by atoms with van der Waals surface area (Å²) in [6.07, 6.45) is 2.15. The highest BCUT2D eigenvalue weighted by Crippen LogP contribution is 2.23. The lowest BCUT2D eigenvalue weighted by Crippen LogP contribution is -1.99. The molecule has 1 N–H and O–H groups in total. The molecule has 0 aliphatic carbocycles. The van der Waals surface area contributed by atoms with Crippen molar-refractivity contribution in [3.63, 3.8) is 0 Å². The van der Waals surface area contributed by atoms with Crippen molar-refractivity contribution in [2.24, 2.45) is 0 Å². The summed E-state index contributed by atoms with van der Waals surface area (Å²) in [5.41, 5.74) is -0.709. The van der Waals surface area contributed by atoms with E-state index in [1.54, 1.807) is 0 Å². The fraction of sp³-hybridized carbons (Fsp3) is 0. The van der Waals surface area contributed by atoms with E-state index in [-0.39, 0.29) is 17.1 Å². The molecule has 0 unspecified atom stereocenters. The number of rotatable bonds is 3. The highest BCUT2D eigenvalue weighted by molar-refractivity contribution is 5.85. The first-order valence-corrected chi connectivity index (χ1v) is 4.70. The van der Waals surface area contributed by atoms with Gasteiger partial charge in [0.2, 0.25) is 0 Å². The summed E-state index contributed by atoms with van der Waals surface area (Å²) in [6, 6.07) is 2.90. The van der Waals surface area contributed by atoms with Gasteiger partial charge in [0.1, 0.15) is 17.8 Å². The van der Waals surface area contributed by atoms with Crippen LogP contribution >= 0.6 is 0 Å². The maximum Gasteiger partial charge on any atom is 0.356 e. The van der Waals surface area contributed by atoms with E-state index in [0.29, 0.717) is 0 Å². The lowest BCUT2D eigenvalue weighted by atomic mass is 10.2.